The number of nitrogens with one attached hydrogen (secondary N) is 3. The molecule has 0 bridgehead atoms. The molecule has 5 rings (SSSR count). The summed E-state index contributed by atoms with van der Waals surface area (Å²) in [5, 5.41) is 6.81. The van der Waals surface area contributed by atoms with Crippen molar-refractivity contribution < 1.29 is 12.8 Å². The van der Waals surface area contributed by atoms with E-state index in [0.717, 1.165) is 55.4 Å². The van der Waals surface area contributed by atoms with Crippen LogP contribution in [0.2, 0.25) is 5.02 Å². The number of piperidine rings is 2. The molecule has 42 heavy (non-hydrogen) atoms. The van der Waals surface area contributed by atoms with Crippen LogP contribution >= 0.6 is 27.5 Å². The number of benzene rings is 2. The number of sulfonamides is 1. The van der Waals surface area contributed by atoms with Gasteiger partial charge in [0.1, 0.15) is 11.6 Å². The first-order valence-electron chi connectivity index (χ1n) is 14.1. The van der Waals surface area contributed by atoms with E-state index in [0.29, 0.717) is 32.7 Å². The van der Waals surface area contributed by atoms with Gasteiger partial charge in [-0.25, -0.2) is 17.8 Å². The normalized spacial score (nSPS) is 17.3. The fourth-order valence-corrected chi connectivity index (χ4v) is 6.71. The van der Waals surface area contributed by atoms with E-state index in [9.17, 15) is 12.8 Å². The van der Waals surface area contributed by atoms with Crippen LogP contribution in [0.4, 0.5) is 38.9 Å². The Labute approximate surface area is 260 Å². The molecule has 0 aliphatic carbocycles. The number of halogens is 3. The van der Waals surface area contributed by atoms with Gasteiger partial charge in [-0.2, -0.15) is 4.98 Å². The molecule has 2 saturated heterocycles. The lowest BCUT2D eigenvalue weighted by molar-refractivity contribution is 0.120. The smallest absolute Gasteiger partial charge is 0.229 e. The Hall–Kier alpha value is -2.67. The summed E-state index contributed by atoms with van der Waals surface area (Å²) in [4.78, 5) is 14.0. The number of aromatic nitrogens is 2. The van der Waals surface area contributed by atoms with Crippen molar-refractivity contribution in [2.75, 3.05) is 52.7 Å². The predicted octanol–water partition coefficient (Wildman–Crippen LogP) is 6.90. The summed E-state index contributed by atoms with van der Waals surface area (Å²) in [6.45, 7) is 8.88. The van der Waals surface area contributed by atoms with E-state index in [2.05, 4.69) is 64.9 Å². The molecule has 226 valence electrons. The van der Waals surface area contributed by atoms with E-state index in [1.54, 1.807) is 6.20 Å². The Morgan fingerprint density at radius 3 is 2.40 bits per heavy atom. The summed E-state index contributed by atoms with van der Waals surface area (Å²) in [5.41, 5.74) is 3.29. The van der Waals surface area contributed by atoms with Crippen molar-refractivity contribution in [3.05, 3.63) is 57.4 Å². The maximum absolute atomic E-state index is 13.8. The van der Waals surface area contributed by atoms with Gasteiger partial charge in [0, 0.05) is 37.1 Å². The molecule has 3 heterocycles. The van der Waals surface area contributed by atoms with Crippen LogP contribution in [0, 0.1) is 18.7 Å². The van der Waals surface area contributed by atoms with E-state index in [-0.39, 0.29) is 11.6 Å². The van der Waals surface area contributed by atoms with Crippen molar-refractivity contribution in [3.63, 3.8) is 0 Å². The Morgan fingerprint density at radius 1 is 1.00 bits per heavy atom. The maximum Gasteiger partial charge on any atom is 0.229 e. The van der Waals surface area contributed by atoms with E-state index in [1.807, 2.05) is 12.1 Å². The molecule has 2 aliphatic rings. The standard InChI is InChI=1S/C29H36BrClFN7O2S/c1-18-6-10-38(11-7-18)21-8-12-39(13-9-21)27-16-23(31)25(14-19(27)2)35-29-33-17-22(30)28(36-29)34-24-5-4-20(32)15-26(24)37-42(3,40)41/h4-5,14-18,21,37H,6-13H2,1-3H3,(H2,33,34,35,36). The lowest BCUT2D eigenvalue weighted by atomic mass is 9.94. The number of likely N-dealkylation sites (tertiary alicyclic amines) is 1. The van der Waals surface area contributed by atoms with Crippen LogP contribution in [0.25, 0.3) is 0 Å². The molecule has 3 N–H and O–H groups in total. The minimum atomic E-state index is -3.63. The molecule has 0 amide bonds. The highest BCUT2D eigenvalue weighted by molar-refractivity contribution is 9.10. The Kier molecular flexibility index (Phi) is 9.46. The summed E-state index contributed by atoms with van der Waals surface area (Å²) >= 11 is 10.2. The zero-order valence-corrected chi connectivity index (χ0v) is 27.1. The third kappa shape index (κ3) is 7.64. The quantitative estimate of drug-likeness (QED) is 0.236. The van der Waals surface area contributed by atoms with Gasteiger partial charge in [-0.15, -0.1) is 0 Å². The fraction of sp³-hybridized carbons (Fsp3) is 0.448. The molecule has 3 aromatic rings. The topological polar surface area (TPSA) is 102 Å². The van der Waals surface area contributed by atoms with E-state index >= 15 is 0 Å². The van der Waals surface area contributed by atoms with Gasteiger partial charge in [-0.3, -0.25) is 4.72 Å². The van der Waals surface area contributed by atoms with E-state index < -0.39 is 15.8 Å². The predicted molar refractivity (Wildman–Crippen MR) is 173 cm³/mol. The van der Waals surface area contributed by atoms with Gasteiger partial charge in [0.25, 0.3) is 0 Å². The van der Waals surface area contributed by atoms with Gasteiger partial charge in [0.2, 0.25) is 16.0 Å². The van der Waals surface area contributed by atoms with Crippen LogP contribution in [0.3, 0.4) is 0 Å². The molecule has 2 aromatic carbocycles. The first-order valence-corrected chi connectivity index (χ1v) is 17.1. The van der Waals surface area contributed by atoms with Crippen molar-refractivity contribution in [1.82, 2.24) is 14.9 Å². The highest BCUT2D eigenvalue weighted by atomic mass is 79.9. The maximum atomic E-state index is 13.8. The summed E-state index contributed by atoms with van der Waals surface area (Å²) in [6.07, 6.45) is 7.48. The van der Waals surface area contributed by atoms with Crippen LogP contribution in [-0.4, -0.2) is 61.8 Å². The second-order valence-corrected chi connectivity index (χ2v) is 14.3. The third-order valence-corrected chi connectivity index (χ3v) is 9.43. The second kappa shape index (κ2) is 12.9. The van der Waals surface area contributed by atoms with Crippen molar-refractivity contribution in [3.8, 4) is 0 Å². The van der Waals surface area contributed by atoms with Crippen LogP contribution < -0.4 is 20.3 Å². The van der Waals surface area contributed by atoms with Gasteiger partial charge < -0.3 is 20.4 Å². The minimum absolute atomic E-state index is 0.0568. The fourth-order valence-electron chi connectivity index (χ4n) is 5.65. The lowest BCUT2D eigenvalue weighted by Gasteiger charge is -2.42. The number of rotatable bonds is 8. The molecule has 0 radical (unpaired) electrons. The van der Waals surface area contributed by atoms with Gasteiger partial charge >= 0.3 is 0 Å². The van der Waals surface area contributed by atoms with Crippen molar-refractivity contribution in [1.29, 1.82) is 0 Å². The number of nitrogens with zero attached hydrogens (tertiary/aromatic N) is 4. The van der Waals surface area contributed by atoms with Crippen molar-refractivity contribution in [2.45, 2.75) is 45.6 Å². The summed E-state index contributed by atoms with van der Waals surface area (Å²) < 4.78 is 40.3. The van der Waals surface area contributed by atoms with Crippen molar-refractivity contribution >= 4 is 72.1 Å². The minimum Gasteiger partial charge on any atom is -0.371 e. The summed E-state index contributed by atoms with van der Waals surface area (Å²) in [6, 6.07) is 8.42. The van der Waals surface area contributed by atoms with Gasteiger partial charge in [-0.1, -0.05) is 18.5 Å². The SMILES string of the molecule is Cc1cc(Nc2ncc(Br)c(Nc3ccc(F)cc3NS(C)(=O)=O)n2)c(Cl)cc1N1CCC(N2CCC(C)CC2)CC1. The van der Waals surface area contributed by atoms with Crippen LogP contribution in [-0.2, 0) is 10.0 Å². The molecule has 0 unspecified atom stereocenters. The van der Waals surface area contributed by atoms with Crippen molar-refractivity contribution in [2.24, 2.45) is 5.92 Å². The first-order chi connectivity index (χ1) is 19.9. The lowest BCUT2D eigenvalue weighted by Crippen LogP contribution is -2.47. The zero-order chi connectivity index (χ0) is 30.0. The van der Waals surface area contributed by atoms with Gasteiger partial charge in [0.15, 0.2) is 0 Å². The molecule has 0 spiro atoms. The second-order valence-electron chi connectivity index (χ2n) is 11.3. The molecule has 2 aliphatic heterocycles. The molecular weight excluding hydrogens is 645 g/mol. The monoisotopic (exact) mass is 679 g/mol. The molecule has 0 atom stereocenters. The van der Waals surface area contributed by atoms with E-state index in [1.165, 1.54) is 38.1 Å². The number of hydrogen-bond acceptors (Lipinski definition) is 8. The molecule has 2 fully saturated rings. The van der Waals surface area contributed by atoms with Crippen LogP contribution in [0.1, 0.15) is 38.2 Å². The highest BCUT2D eigenvalue weighted by Crippen LogP contribution is 2.36. The average molecular weight is 681 g/mol. The Morgan fingerprint density at radius 2 is 1.71 bits per heavy atom. The largest absolute Gasteiger partial charge is 0.371 e. The molecule has 9 nitrogen and oxygen atoms in total. The van der Waals surface area contributed by atoms with Gasteiger partial charge in [0.05, 0.1) is 32.8 Å². The molecule has 0 saturated carbocycles. The van der Waals surface area contributed by atoms with Crippen LogP contribution in [0.15, 0.2) is 41.0 Å². The van der Waals surface area contributed by atoms with E-state index in [4.69, 9.17) is 11.6 Å². The Balaban J connectivity index is 1.28. The average Bonchev–Trinajstić information content (AvgIpc) is 2.93. The summed E-state index contributed by atoms with van der Waals surface area (Å²) in [5.74, 6) is 0.901. The van der Waals surface area contributed by atoms with Crippen LogP contribution in [0.5, 0.6) is 0 Å². The Bertz CT molecular complexity index is 1550. The molecule has 1 aromatic heterocycles. The highest BCUT2D eigenvalue weighted by Gasteiger charge is 2.28. The zero-order valence-electron chi connectivity index (χ0n) is 23.9. The number of anilines is 6. The van der Waals surface area contributed by atoms with Gasteiger partial charge in [-0.05, 0) is 97.4 Å². The third-order valence-electron chi connectivity index (χ3n) is 7.95. The summed E-state index contributed by atoms with van der Waals surface area (Å²) in [7, 11) is -3.63. The molecular formula is C29H36BrClFN7O2S. The number of hydrogen-bond donors (Lipinski definition) is 3. The molecule has 13 heteroatoms. The number of aryl methyl sites for hydroxylation is 1. The first kappa shape index (κ1) is 30.8.